The number of rotatable bonds is 5. The van der Waals surface area contributed by atoms with Gasteiger partial charge in [0.2, 0.25) is 5.91 Å². The largest absolute Gasteiger partial charge is 0.455 e. The number of nitrogens with one attached hydrogen (secondary N) is 1. The van der Waals surface area contributed by atoms with Crippen molar-refractivity contribution in [2.24, 2.45) is 0 Å². The van der Waals surface area contributed by atoms with E-state index in [1.807, 2.05) is 0 Å². The summed E-state index contributed by atoms with van der Waals surface area (Å²) >= 11 is 0. The van der Waals surface area contributed by atoms with Crippen molar-refractivity contribution in [3.63, 3.8) is 0 Å². The summed E-state index contributed by atoms with van der Waals surface area (Å²) in [6.07, 6.45) is 0. The molecule has 0 atom stereocenters. The lowest BCUT2D eigenvalue weighted by molar-refractivity contribution is -0.385. The highest BCUT2D eigenvalue weighted by atomic mass is 16.6. The SMILES string of the molecule is CC(=O)Nc1cc([N+](=O)[O-])ccc1Oc1ccc([N+](=O)[O-])cc1. The average molecular weight is 317 g/mol. The molecule has 1 amide bonds. The van der Waals surface area contributed by atoms with Crippen LogP contribution in [0.15, 0.2) is 42.5 Å². The second-order valence-corrected chi connectivity index (χ2v) is 4.47. The van der Waals surface area contributed by atoms with Gasteiger partial charge in [0.1, 0.15) is 5.75 Å². The summed E-state index contributed by atoms with van der Waals surface area (Å²) in [5.74, 6) is 0.0507. The number of non-ortho nitro benzene ring substituents is 2. The topological polar surface area (TPSA) is 125 Å². The van der Waals surface area contributed by atoms with Crippen LogP contribution in [0, 0.1) is 20.2 Å². The minimum absolute atomic E-state index is 0.0943. The predicted molar refractivity (Wildman–Crippen MR) is 80.6 cm³/mol. The Kier molecular flexibility index (Phi) is 4.50. The third kappa shape index (κ3) is 4.00. The standard InChI is InChI=1S/C14H11N3O6/c1-9(18)15-13-8-11(17(21)22)4-7-14(13)23-12-5-2-10(3-6-12)16(19)20/h2-8H,1H3,(H,15,18). The molecule has 118 valence electrons. The molecular formula is C14H11N3O6. The molecule has 2 aromatic rings. The maximum absolute atomic E-state index is 11.2. The number of benzene rings is 2. The third-order valence-corrected chi connectivity index (χ3v) is 2.76. The molecule has 0 spiro atoms. The molecule has 2 aromatic carbocycles. The van der Waals surface area contributed by atoms with E-state index in [9.17, 15) is 25.0 Å². The zero-order chi connectivity index (χ0) is 17.0. The van der Waals surface area contributed by atoms with E-state index in [0.29, 0.717) is 0 Å². The van der Waals surface area contributed by atoms with Crippen molar-refractivity contribution in [3.8, 4) is 11.5 Å². The number of hydrogen-bond donors (Lipinski definition) is 1. The quantitative estimate of drug-likeness (QED) is 0.666. The van der Waals surface area contributed by atoms with Crippen molar-refractivity contribution in [3.05, 3.63) is 62.7 Å². The van der Waals surface area contributed by atoms with Crippen LogP contribution >= 0.6 is 0 Å². The van der Waals surface area contributed by atoms with Crippen molar-refractivity contribution in [2.75, 3.05) is 5.32 Å². The number of nitrogens with zero attached hydrogens (tertiary/aromatic N) is 2. The fourth-order valence-corrected chi connectivity index (χ4v) is 1.77. The molecule has 9 heteroatoms. The van der Waals surface area contributed by atoms with Crippen molar-refractivity contribution >= 4 is 23.0 Å². The zero-order valence-corrected chi connectivity index (χ0v) is 11.9. The first-order valence-corrected chi connectivity index (χ1v) is 6.35. The fourth-order valence-electron chi connectivity index (χ4n) is 1.77. The van der Waals surface area contributed by atoms with Crippen LogP contribution in [0.2, 0.25) is 0 Å². The monoisotopic (exact) mass is 317 g/mol. The van der Waals surface area contributed by atoms with Crippen LogP contribution in [0.4, 0.5) is 17.1 Å². The van der Waals surface area contributed by atoms with E-state index in [-0.39, 0.29) is 28.6 Å². The van der Waals surface area contributed by atoms with Gasteiger partial charge in [-0.05, 0) is 18.2 Å². The third-order valence-electron chi connectivity index (χ3n) is 2.76. The van der Waals surface area contributed by atoms with Crippen molar-refractivity contribution in [1.82, 2.24) is 0 Å². The second kappa shape index (κ2) is 6.52. The van der Waals surface area contributed by atoms with Crippen LogP contribution in [0.3, 0.4) is 0 Å². The van der Waals surface area contributed by atoms with E-state index in [4.69, 9.17) is 4.74 Å². The minimum Gasteiger partial charge on any atom is -0.455 e. The van der Waals surface area contributed by atoms with Crippen LogP contribution in [-0.2, 0) is 4.79 Å². The molecule has 0 saturated heterocycles. The number of carbonyl (C=O) groups is 1. The smallest absolute Gasteiger partial charge is 0.271 e. The van der Waals surface area contributed by atoms with Gasteiger partial charge in [-0.1, -0.05) is 0 Å². The Balaban J connectivity index is 2.32. The van der Waals surface area contributed by atoms with Crippen LogP contribution in [0.5, 0.6) is 11.5 Å². The first-order chi connectivity index (χ1) is 10.9. The molecule has 0 aromatic heterocycles. The van der Waals surface area contributed by atoms with Gasteiger partial charge in [-0.3, -0.25) is 25.0 Å². The van der Waals surface area contributed by atoms with Gasteiger partial charge in [0.25, 0.3) is 11.4 Å². The van der Waals surface area contributed by atoms with Gasteiger partial charge in [0.05, 0.1) is 15.5 Å². The molecule has 0 aliphatic heterocycles. The summed E-state index contributed by atoms with van der Waals surface area (Å²) in [4.78, 5) is 31.5. The van der Waals surface area contributed by atoms with Crippen molar-refractivity contribution in [1.29, 1.82) is 0 Å². The van der Waals surface area contributed by atoms with E-state index in [2.05, 4.69) is 5.32 Å². The predicted octanol–water partition coefficient (Wildman–Crippen LogP) is 3.25. The Hall–Kier alpha value is -3.49. The Bertz CT molecular complexity index is 773. The molecule has 0 unspecified atom stereocenters. The molecule has 0 bridgehead atoms. The summed E-state index contributed by atoms with van der Waals surface area (Å²) in [7, 11) is 0. The van der Waals surface area contributed by atoms with Crippen LogP contribution in [0.25, 0.3) is 0 Å². The Morgan fingerprint density at radius 1 is 1.00 bits per heavy atom. The van der Waals surface area contributed by atoms with Gasteiger partial charge < -0.3 is 10.1 Å². The van der Waals surface area contributed by atoms with E-state index >= 15 is 0 Å². The Morgan fingerprint density at radius 2 is 1.57 bits per heavy atom. The molecule has 0 heterocycles. The minimum atomic E-state index is -0.596. The summed E-state index contributed by atoms with van der Waals surface area (Å²) in [6.45, 7) is 1.26. The van der Waals surface area contributed by atoms with Gasteiger partial charge in [-0.2, -0.15) is 0 Å². The number of carbonyl (C=O) groups excluding carboxylic acids is 1. The molecule has 0 aliphatic rings. The highest BCUT2D eigenvalue weighted by Crippen LogP contribution is 2.33. The highest BCUT2D eigenvalue weighted by molar-refractivity contribution is 5.91. The van der Waals surface area contributed by atoms with Crippen LogP contribution < -0.4 is 10.1 Å². The second-order valence-electron chi connectivity index (χ2n) is 4.47. The van der Waals surface area contributed by atoms with Gasteiger partial charge >= 0.3 is 0 Å². The number of nitro groups is 2. The average Bonchev–Trinajstić information content (AvgIpc) is 2.48. The van der Waals surface area contributed by atoms with Gasteiger partial charge in [0.15, 0.2) is 5.75 Å². The fraction of sp³-hybridized carbons (Fsp3) is 0.0714. The van der Waals surface area contributed by atoms with E-state index in [1.54, 1.807) is 0 Å². The molecular weight excluding hydrogens is 306 g/mol. The lowest BCUT2D eigenvalue weighted by Crippen LogP contribution is -2.07. The number of amides is 1. The summed E-state index contributed by atoms with van der Waals surface area (Å²) in [5, 5.41) is 23.8. The first kappa shape index (κ1) is 15.9. The number of hydrogen-bond acceptors (Lipinski definition) is 6. The normalized spacial score (nSPS) is 9.96. The van der Waals surface area contributed by atoms with Gasteiger partial charge in [0, 0.05) is 31.2 Å². The van der Waals surface area contributed by atoms with Gasteiger partial charge in [-0.15, -0.1) is 0 Å². The summed E-state index contributed by atoms with van der Waals surface area (Å²) in [6, 6.07) is 9.03. The number of nitro benzene ring substituents is 2. The number of ether oxygens (including phenoxy) is 1. The summed E-state index contributed by atoms with van der Waals surface area (Å²) in [5.41, 5.74) is -0.169. The molecule has 23 heavy (non-hydrogen) atoms. The molecule has 0 aliphatic carbocycles. The molecule has 0 saturated carbocycles. The Labute approximate surface area is 129 Å². The lowest BCUT2D eigenvalue weighted by atomic mass is 10.2. The van der Waals surface area contributed by atoms with Crippen LogP contribution in [0.1, 0.15) is 6.92 Å². The molecule has 1 N–H and O–H groups in total. The summed E-state index contributed by atoms with van der Waals surface area (Å²) < 4.78 is 5.52. The van der Waals surface area contributed by atoms with E-state index in [0.717, 1.165) is 0 Å². The van der Waals surface area contributed by atoms with Crippen LogP contribution in [-0.4, -0.2) is 15.8 Å². The molecule has 0 radical (unpaired) electrons. The first-order valence-electron chi connectivity index (χ1n) is 6.35. The van der Waals surface area contributed by atoms with Gasteiger partial charge in [-0.25, -0.2) is 0 Å². The van der Waals surface area contributed by atoms with E-state index in [1.165, 1.54) is 49.4 Å². The maximum atomic E-state index is 11.2. The zero-order valence-electron chi connectivity index (χ0n) is 11.9. The maximum Gasteiger partial charge on any atom is 0.271 e. The van der Waals surface area contributed by atoms with Crippen molar-refractivity contribution in [2.45, 2.75) is 6.92 Å². The highest BCUT2D eigenvalue weighted by Gasteiger charge is 2.14. The lowest BCUT2D eigenvalue weighted by Gasteiger charge is -2.11. The molecule has 2 rings (SSSR count). The number of anilines is 1. The molecule has 0 fully saturated rings. The Morgan fingerprint density at radius 3 is 2.09 bits per heavy atom. The molecule has 9 nitrogen and oxygen atoms in total. The van der Waals surface area contributed by atoms with E-state index < -0.39 is 15.8 Å². The van der Waals surface area contributed by atoms with Crippen molar-refractivity contribution < 1.29 is 19.4 Å².